The summed E-state index contributed by atoms with van der Waals surface area (Å²) >= 11 is 0. The molecule has 0 bridgehead atoms. The number of nitrogens with zero attached hydrogens (tertiary/aromatic N) is 1. The highest BCUT2D eigenvalue weighted by Crippen LogP contribution is 2.24. The molecule has 8 heteroatoms. The highest BCUT2D eigenvalue weighted by molar-refractivity contribution is 6.21. The van der Waals surface area contributed by atoms with Crippen molar-refractivity contribution in [1.29, 1.82) is 0 Å². The summed E-state index contributed by atoms with van der Waals surface area (Å²) in [7, 11) is 1.24. The lowest BCUT2D eigenvalue weighted by atomic mass is 10.1. The maximum absolute atomic E-state index is 12.5. The van der Waals surface area contributed by atoms with Crippen LogP contribution in [0.25, 0.3) is 0 Å². The first kappa shape index (κ1) is 20.1. The fourth-order valence-corrected chi connectivity index (χ4v) is 3.25. The van der Waals surface area contributed by atoms with Gasteiger partial charge in [-0.2, -0.15) is 0 Å². The molecule has 0 aliphatic carbocycles. The smallest absolute Gasteiger partial charge is 0.373 e. The van der Waals surface area contributed by atoms with E-state index in [1.54, 1.807) is 48.5 Å². The number of rotatable bonds is 6. The van der Waals surface area contributed by atoms with Crippen molar-refractivity contribution in [1.82, 2.24) is 4.90 Å². The van der Waals surface area contributed by atoms with E-state index in [1.807, 2.05) is 0 Å². The molecule has 0 N–H and O–H groups in total. The number of furan rings is 1. The number of carbonyl (C=O) groups is 4. The van der Waals surface area contributed by atoms with Crippen molar-refractivity contribution >= 4 is 23.8 Å². The number of ether oxygens (including phenoxy) is 2. The molecule has 0 saturated heterocycles. The predicted molar refractivity (Wildman–Crippen MR) is 106 cm³/mol. The van der Waals surface area contributed by atoms with Crippen molar-refractivity contribution in [3.05, 3.63) is 94.4 Å². The van der Waals surface area contributed by atoms with Crippen LogP contribution in [0.3, 0.4) is 0 Å². The second kappa shape index (κ2) is 8.27. The number of hydrogen-bond acceptors (Lipinski definition) is 7. The largest absolute Gasteiger partial charge is 0.463 e. The maximum Gasteiger partial charge on any atom is 0.373 e. The fourth-order valence-electron chi connectivity index (χ4n) is 3.25. The van der Waals surface area contributed by atoms with Gasteiger partial charge < -0.3 is 13.9 Å². The molecule has 0 spiro atoms. The standard InChI is InChI=1S/C23H17NO7/c1-29-23(28)19-10-9-16(31-19)13-30-22(27)15-6-4-5-14(11-15)12-24-20(25)17-7-2-3-8-18(17)21(24)26/h2-11H,12-13H2,1H3. The molecular weight excluding hydrogens is 402 g/mol. The number of imide groups is 1. The molecule has 0 fully saturated rings. The minimum atomic E-state index is -0.626. The van der Waals surface area contributed by atoms with E-state index in [1.165, 1.54) is 19.2 Å². The Kier molecular flexibility index (Phi) is 5.36. The van der Waals surface area contributed by atoms with E-state index in [2.05, 4.69) is 4.74 Å². The fraction of sp³-hybridized carbons (Fsp3) is 0.130. The third-order valence-corrected chi connectivity index (χ3v) is 4.78. The van der Waals surface area contributed by atoms with Crippen LogP contribution in [-0.4, -0.2) is 35.8 Å². The van der Waals surface area contributed by atoms with Crippen LogP contribution in [0.2, 0.25) is 0 Å². The van der Waals surface area contributed by atoms with Crippen LogP contribution in [0.5, 0.6) is 0 Å². The summed E-state index contributed by atoms with van der Waals surface area (Å²) in [6.45, 7) is -0.132. The van der Waals surface area contributed by atoms with Crippen LogP contribution in [0.4, 0.5) is 0 Å². The van der Waals surface area contributed by atoms with Crippen molar-refractivity contribution in [3.63, 3.8) is 0 Å². The Morgan fingerprint density at radius 1 is 0.903 bits per heavy atom. The highest BCUT2D eigenvalue weighted by Gasteiger charge is 2.35. The van der Waals surface area contributed by atoms with Gasteiger partial charge >= 0.3 is 11.9 Å². The molecule has 4 rings (SSSR count). The molecule has 0 unspecified atom stereocenters. The number of carbonyl (C=O) groups excluding carboxylic acids is 4. The molecule has 31 heavy (non-hydrogen) atoms. The van der Waals surface area contributed by atoms with Gasteiger partial charge in [-0.1, -0.05) is 24.3 Å². The maximum atomic E-state index is 12.5. The molecule has 156 valence electrons. The van der Waals surface area contributed by atoms with Crippen molar-refractivity contribution in [2.24, 2.45) is 0 Å². The van der Waals surface area contributed by atoms with Crippen molar-refractivity contribution < 1.29 is 33.1 Å². The van der Waals surface area contributed by atoms with Gasteiger partial charge in [-0.25, -0.2) is 9.59 Å². The van der Waals surface area contributed by atoms with Crippen LogP contribution < -0.4 is 0 Å². The minimum Gasteiger partial charge on any atom is -0.463 e. The molecule has 1 aromatic heterocycles. The lowest BCUT2D eigenvalue weighted by Crippen LogP contribution is -2.29. The van der Waals surface area contributed by atoms with Gasteiger partial charge in [-0.15, -0.1) is 0 Å². The normalized spacial score (nSPS) is 12.6. The first-order valence-corrected chi connectivity index (χ1v) is 9.36. The van der Waals surface area contributed by atoms with Gasteiger partial charge in [0.05, 0.1) is 30.3 Å². The quantitative estimate of drug-likeness (QED) is 0.446. The Balaban J connectivity index is 1.42. The Morgan fingerprint density at radius 3 is 2.29 bits per heavy atom. The number of hydrogen-bond donors (Lipinski definition) is 0. The molecule has 2 heterocycles. The third-order valence-electron chi connectivity index (χ3n) is 4.78. The molecule has 3 aromatic rings. The summed E-state index contributed by atoms with van der Waals surface area (Å²) in [5.74, 6) is -1.67. The van der Waals surface area contributed by atoms with Crippen molar-refractivity contribution in [2.45, 2.75) is 13.2 Å². The zero-order chi connectivity index (χ0) is 22.0. The molecule has 2 amide bonds. The van der Waals surface area contributed by atoms with Gasteiger partial charge in [0, 0.05) is 0 Å². The summed E-state index contributed by atoms with van der Waals surface area (Å²) in [5.41, 5.74) is 1.60. The van der Waals surface area contributed by atoms with Gasteiger partial charge in [0.2, 0.25) is 5.76 Å². The van der Waals surface area contributed by atoms with E-state index < -0.39 is 11.9 Å². The molecule has 0 radical (unpaired) electrons. The van der Waals surface area contributed by atoms with Gasteiger partial charge in [-0.3, -0.25) is 14.5 Å². The van der Waals surface area contributed by atoms with E-state index in [4.69, 9.17) is 9.15 Å². The second-order valence-corrected chi connectivity index (χ2v) is 6.78. The molecule has 8 nitrogen and oxygen atoms in total. The van der Waals surface area contributed by atoms with Crippen molar-refractivity contribution in [3.8, 4) is 0 Å². The lowest BCUT2D eigenvalue weighted by molar-refractivity contribution is 0.0438. The molecule has 2 aromatic carbocycles. The van der Waals surface area contributed by atoms with Crippen LogP contribution in [0, 0.1) is 0 Å². The summed E-state index contributed by atoms with van der Waals surface area (Å²) in [5, 5.41) is 0. The number of benzene rings is 2. The van der Waals surface area contributed by atoms with Crippen molar-refractivity contribution in [2.75, 3.05) is 7.11 Å². The van der Waals surface area contributed by atoms with E-state index >= 15 is 0 Å². The lowest BCUT2D eigenvalue weighted by Gasteiger charge is -2.14. The highest BCUT2D eigenvalue weighted by atomic mass is 16.5. The molecular formula is C23H17NO7. The zero-order valence-corrected chi connectivity index (χ0v) is 16.5. The number of esters is 2. The monoisotopic (exact) mass is 419 g/mol. The van der Waals surface area contributed by atoms with Crippen LogP contribution >= 0.6 is 0 Å². The van der Waals surface area contributed by atoms with E-state index in [0.29, 0.717) is 16.7 Å². The van der Waals surface area contributed by atoms with Crippen LogP contribution in [0.1, 0.15) is 53.0 Å². The SMILES string of the molecule is COC(=O)c1ccc(COC(=O)c2cccc(CN3C(=O)c4ccccc4C3=O)c2)o1. The second-order valence-electron chi connectivity index (χ2n) is 6.78. The average Bonchev–Trinajstić information content (AvgIpc) is 3.37. The predicted octanol–water partition coefficient (Wildman–Crippen LogP) is 3.22. The Morgan fingerprint density at radius 2 is 1.61 bits per heavy atom. The number of methoxy groups -OCH3 is 1. The minimum absolute atomic E-state index is 0.0106. The third kappa shape index (κ3) is 3.95. The topological polar surface area (TPSA) is 103 Å². The zero-order valence-electron chi connectivity index (χ0n) is 16.5. The van der Waals surface area contributed by atoms with E-state index in [0.717, 1.165) is 4.90 Å². The van der Waals surface area contributed by atoms with E-state index in [-0.39, 0.29) is 42.0 Å². The Hall–Kier alpha value is -4.20. The molecule has 0 saturated carbocycles. The Labute approximate surface area is 177 Å². The number of fused-ring (bicyclic) bond motifs is 1. The first-order chi connectivity index (χ1) is 15.0. The summed E-state index contributed by atoms with van der Waals surface area (Å²) < 4.78 is 15.0. The Bertz CT molecular complexity index is 1160. The van der Waals surface area contributed by atoms with Gasteiger partial charge in [0.1, 0.15) is 12.4 Å². The summed E-state index contributed by atoms with van der Waals surface area (Å²) in [6.07, 6.45) is 0. The van der Waals surface area contributed by atoms with Gasteiger partial charge in [-0.05, 0) is 42.0 Å². The van der Waals surface area contributed by atoms with Crippen LogP contribution in [0.15, 0.2) is 65.1 Å². The molecule has 1 aliphatic heterocycles. The molecule has 1 aliphatic rings. The average molecular weight is 419 g/mol. The van der Waals surface area contributed by atoms with E-state index in [9.17, 15) is 19.2 Å². The summed E-state index contributed by atoms with van der Waals surface area (Å²) in [6, 6.07) is 16.1. The first-order valence-electron chi connectivity index (χ1n) is 9.36. The molecule has 0 atom stereocenters. The van der Waals surface area contributed by atoms with Gasteiger partial charge in [0.25, 0.3) is 11.8 Å². The number of amides is 2. The van der Waals surface area contributed by atoms with Gasteiger partial charge in [0.15, 0.2) is 0 Å². The summed E-state index contributed by atoms with van der Waals surface area (Å²) in [4.78, 5) is 50.0. The van der Waals surface area contributed by atoms with Crippen LogP contribution in [-0.2, 0) is 22.6 Å².